The molecule has 19 heavy (non-hydrogen) atoms. The second-order valence-corrected chi connectivity index (χ2v) is 5.07. The van der Waals surface area contributed by atoms with E-state index >= 15 is 0 Å². The average molecular weight is 268 g/mol. The number of methoxy groups -OCH3 is 1. The fourth-order valence-electron chi connectivity index (χ4n) is 1.41. The van der Waals surface area contributed by atoms with Gasteiger partial charge in [-0.3, -0.25) is 4.98 Å². The summed E-state index contributed by atoms with van der Waals surface area (Å²) < 4.78 is 10.5. The van der Waals surface area contributed by atoms with E-state index in [1.807, 2.05) is 12.1 Å². The van der Waals surface area contributed by atoms with Gasteiger partial charge < -0.3 is 19.9 Å². The van der Waals surface area contributed by atoms with Crippen LogP contribution in [0.5, 0.6) is 5.75 Å². The molecule has 2 N–H and O–H groups in total. The molecule has 0 fully saturated rings. The Morgan fingerprint density at radius 3 is 2.68 bits per heavy atom. The summed E-state index contributed by atoms with van der Waals surface area (Å²) in [4.78, 5) is 4.30. The Kier molecular flexibility index (Phi) is 6.77. The van der Waals surface area contributed by atoms with Gasteiger partial charge in [-0.15, -0.1) is 0 Å². The van der Waals surface area contributed by atoms with Gasteiger partial charge in [0.05, 0.1) is 30.7 Å². The minimum Gasteiger partial charge on any atom is -0.492 e. The molecule has 0 unspecified atom stereocenters. The van der Waals surface area contributed by atoms with E-state index in [0.717, 1.165) is 18.0 Å². The van der Waals surface area contributed by atoms with Crippen molar-refractivity contribution < 1.29 is 14.6 Å². The first-order valence-corrected chi connectivity index (χ1v) is 6.51. The third-order valence-electron chi connectivity index (χ3n) is 2.57. The smallest absolute Gasteiger partial charge is 0.137 e. The molecule has 0 spiro atoms. The molecule has 1 aromatic heterocycles. The molecule has 0 aliphatic rings. The molecule has 0 radical (unpaired) electrons. The fourth-order valence-corrected chi connectivity index (χ4v) is 1.41. The highest BCUT2D eigenvalue weighted by molar-refractivity contribution is 5.19. The van der Waals surface area contributed by atoms with E-state index in [0.29, 0.717) is 26.2 Å². The lowest BCUT2D eigenvalue weighted by molar-refractivity contribution is 0.0553. The van der Waals surface area contributed by atoms with Gasteiger partial charge in [-0.1, -0.05) is 0 Å². The summed E-state index contributed by atoms with van der Waals surface area (Å²) in [6.07, 6.45) is 2.30. The quantitative estimate of drug-likeness (QED) is 0.662. The molecule has 1 aromatic rings. The molecular formula is C14H24N2O3. The maximum Gasteiger partial charge on any atom is 0.137 e. The maximum atomic E-state index is 9.57. The summed E-state index contributed by atoms with van der Waals surface area (Å²) in [5.41, 5.74) is 0.268. The predicted molar refractivity (Wildman–Crippen MR) is 74.2 cm³/mol. The van der Waals surface area contributed by atoms with Gasteiger partial charge in [0.1, 0.15) is 5.75 Å². The van der Waals surface area contributed by atoms with Crippen molar-refractivity contribution in [2.45, 2.75) is 32.4 Å². The highest BCUT2D eigenvalue weighted by Gasteiger charge is 2.12. The fraction of sp³-hybridized carbons (Fsp3) is 0.643. The van der Waals surface area contributed by atoms with Gasteiger partial charge >= 0.3 is 0 Å². The van der Waals surface area contributed by atoms with Gasteiger partial charge in [0.25, 0.3) is 0 Å². The highest BCUT2D eigenvalue weighted by Crippen LogP contribution is 2.12. The summed E-state index contributed by atoms with van der Waals surface area (Å²) in [6.45, 7) is 6.23. The third kappa shape index (κ3) is 7.77. The number of rotatable bonds is 9. The van der Waals surface area contributed by atoms with Crippen molar-refractivity contribution in [3.63, 3.8) is 0 Å². The molecule has 5 heteroatoms. The molecule has 0 aromatic carbocycles. The lowest BCUT2D eigenvalue weighted by Gasteiger charge is -2.16. The summed E-state index contributed by atoms with van der Waals surface area (Å²) in [5, 5.41) is 12.8. The normalized spacial score (nSPS) is 11.6. The van der Waals surface area contributed by atoms with Crippen LogP contribution in [0, 0.1) is 0 Å². The molecule has 1 rings (SSSR count). The largest absolute Gasteiger partial charge is 0.492 e. The molecule has 5 nitrogen and oxygen atoms in total. The Bertz CT molecular complexity index is 347. The summed E-state index contributed by atoms with van der Waals surface area (Å²) in [7, 11) is 1.68. The van der Waals surface area contributed by atoms with Gasteiger partial charge in [0.15, 0.2) is 0 Å². The van der Waals surface area contributed by atoms with Gasteiger partial charge in [0, 0.05) is 26.6 Å². The maximum absolute atomic E-state index is 9.57. The number of aliphatic hydroxyl groups is 1. The molecule has 0 amide bonds. The molecule has 0 atom stereocenters. The Balaban J connectivity index is 2.27. The van der Waals surface area contributed by atoms with Crippen molar-refractivity contribution in [1.29, 1.82) is 0 Å². The standard InChI is InChI=1S/C14H24N2O3/c1-14(2,17)6-8-19-13-5-4-12(16-11-13)10-15-7-9-18-3/h4-5,11,15,17H,6-10H2,1-3H3. The minimum atomic E-state index is -0.696. The Labute approximate surface area is 115 Å². The minimum absolute atomic E-state index is 0.483. The monoisotopic (exact) mass is 268 g/mol. The number of hydrogen-bond acceptors (Lipinski definition) is 5. The Morgan fingerprint density at radius 2 is 2.11 bits per heavy atom. The van der Waals surface area contributed by atoms with Crippen molar-refractivity contribution in [1.82, 2.24) is 10.3 Å². The van der Waals surface area contributed by atoms with E-state index < -0.39 is 5.60 Å². The highest BCUT2D eigenvalue weighted by atomic mass is 16.5. The van der Waals surface area contributed by atoms with Crippen LogP contribution in [0.15, 0.2) is 18.3 Å². The molecule has 108 valence electrons. The van der Waals surface area contributed by atoms with E-state index in [2.05, 4.69) is 10.3 Å². The van der Waals surface area contributed by atoms with Crippen LogP contribution in [0.25, 0.3) is 0 Å². The molecule has 0 saturated carbocycles. The lowest BCUT2D eigenvalue weighted by Crippen LogP contribution is -2.22. The molecular weight excluding hydrogens is 244 g/mol. The zero-order valence-electron chi connectivity index (χ0n) is 12.0. The second kappa shape index (κ2) is 8.09. The molecule has 1 heterocycles. The first-order valence-electron chi connectivity index (χ1n) is 6.51. The first-order chi connectivity index (χ1) is 9.01. The number of pyridine rings is 1. The van der Waals surface area contributed by atoms with E-state index in [9.17, 15) is 5.11 Å². The Hall–Kier alpha value is -1.17. The van der Waals surface area contributed by atoms with Gasteiger partial charge in [-0.25, -0.2) is 0 Å². The van der Waals surface area contributed by atoms with E-state index in [1.165, 1.54) is 0 Å². The number of nitrogens with one attached hydrogen (secondary N) is 1. The van der Waals surface area contributed by atoms with Crippen molar-refractivity contribution in [2.24, 2.45) is 0 Å². The zero-order valence-corrected chi connectivity index (χ0v) is 12.0. The topological polar surface area (TPSA) is 63.6 Å². The molecule has 0 saturated heterocycles. The molecule has 0 bridgehead atoms. The third-order valence-corrected chi connectivity index (χ3v) is 2.57. The lowest BCUT2D eigenvalue weighted by atomic mass is 10.1. The molecule has 0 aliphatic carbocycles. The van der Waals surface area contributed by atoms with Crippen LogP contribution in [-0.4, -0.2) is 42.6 Å². The number of hydrogen-bond donors (Lipinski definition) is 2. The van der Waals surface area contributed by atoms with Crippen LogP contribution in [0.2, 0.25) is 0 Å². The number of ether oxygens (including phenoxy) is 2. The summed E-state index contributed by atoms with van der Waals surface area (Å²) >= 11 is 0. The predicted octanol–water partition coefficient (Wildman–Crippen LogP) is 1.36. The van der Waals surface area contributed by atoms with Crippen molar-refractivity contribution in [2.75, 3.05) is 26.9 Å². The average Bonchev–Trinajstić information content (AvgIpc) is 2.35. The summed E-state index contributed by atoms with van der Waals surface area (Å²) in [5.74, 6) is 0.727. The summed E-state index contributed by atoms with van der Waals surface area (Å²) in [6, 6.07) is 3.82. The Morgan fingerprint density at radius 1 is 1.32 bits per heavy atom. The van der Waals surface area contributed by atoms with Crippen LogP contribution < -0.4 is 10.1 Å². The second-order valence-electron chi connectivity index (χ2n) is 5.07. The SMILES string of the molecule is COCCNCc1ccc(OCCC(C)(C)O)cn1. The van der Waals surface area contributed by atoms with Crippen LogP contribution in [-0.2, 0) is 11.3 Å². The van der Waals surface area contributed by atoms with Crippen molar-refractivity contribution in [3.8, 4) is 5.75 Å². The van der Waals surface area contributed by atoms with Crippen LogP contribution in [0.3, 0.4) is 0 Å². The number of aromatic nitrogens is 1. The van der Waals surface area contributed by atoms with Crippen molar-refractivity contribution in [3.05, 3.63) is 24.0 Å². The molecule has 0 aliphatic heterocycles. The van der Waals surface area contributed by atoms with Gasteiger partial charge in [0.2, 0.25) is 0 Å². The van der Waals surface area contributed by atoms with E-state index in [4.69, 9.17) is 9.47 Å². The van der Waals surface area contributed by atoms with Crippen molar-refractivity contribution >= 4 is 0 Å². The van der Waals surface area contributed by atoms with Gasteiger partial charge in [-0.05, 0) is 26.0 Å². The van der Waals surface area contributed by atoms with Gasteiger partial charge in [-0.2, -0.15) is 0 Å². The van der Waals surface area contributed by atoms with Crippen LogP contribution in [0.4, 0.5) is 0 Å². The van der Waals surface area contributed by atoms with E-state index in [1.54, 1.807) is 27.2 Å². The zero-order chi connectivity index (χ0) is 14.1. The van der Waals surface area contributed by atoms with Crippen LogP contribution in [0.1, 0.15) is 26.0 Å². The number of nitrogens with zero attached hydrogens (tertiary/aromatic N) is 1. The van der Waals surface area contributed by atoms with Crippen LogP contribution >= 0.6 is 0 Å². The van der Waals surface area contributed by atoms with E-state index in [-0.39, 0.29) is 0 Å². The first kappa shape index (κ1) is 15.9.